The van der Waals surface area contributed by atoms with Crippen LogP contribution in [0.2, 0.25) is 5.02 Å². The number of likely N-dealkylation sites (N-methyl/N-ethyl adjacent to an activating group) is 2. The summed E-state index contributed by atoms with van der Waals surface area (Å²) in [5.41, 5.74) is -1.28. The summed E-state index contributed by atoms with van der Waals surface area (Å²) in [5, 5.41) is 35.9. The number of amides is 4. The third kappa shape index (κ3) is 15.0. The van der Waals surface area contributed by atoms with Crippen molar-refractivity contribution in [3.63, 3.8) is 0 Å². The third-order valence-corrected chi connectivity index (χ3v) is 13.5. The number of benzene rings is 1. The van der Waals surface area contributed by atoms with Gasteiger partial charge >= 0.3 is 12.1 Å². The molecule has 332 valence electrons. The summed E-state index contributed by atoms with van der Waals surface area (Å²) < 4.78 is 20.4. The Balaban J connectivity index is 0.000000311. The Morgan fingerprint density at radius 1 is 0.845 bits per heavy atom. The van der Waals surface area contributed by atoms with Crippen LogP contribution in [0.4, 0.5) is 14.0 Å². The van der Waals surface area contributed by atoms with Gasteiger partial charge < -0.3 is 46.0 Å². The van der Waals surface area contributed by atoms with E-state index < -0.39 is 23.6 Å². The molecule has 5 rings (SSSR count). The van der Waals surface area contributed by atoms with Crippen LogP contribution < -0.4 is 21.3 Å². The number of methoxy groups -OCH3 is 1. The van der Waals surface area contributed by atoms with E-state index in [2.05, 4.69) is 21.3 Å². The van der Waals surface area contributed by atoms with Crippen LogP contribution in [0, 0.1) is 23.6 Å². The normalized spacial score (nSPS) is 22.4. The molecular weight excluding hydrogens is 759 g/mol. The van der Waals surface area contributed by atoms with Crippen LogP contribution in [0.1, 0.15) is 134 Å². The fourth-order valence-electron chi connectivity index (χ4n) is 9.92. The molecule has 4 fully saturated rings. The Labute approximate surface area is 354 Å². The van der Waals surface area contributed by atoms with Crippen molar-refractivity contribution in [2.24, 2.45) is 17.8 Å². The predicted octanol–water partition coefficient (Wildman–Crippen LogP) is 7.56. The molecule has 4 amide bonds. The molecule has 11 nitrogen and oxygen atoms in total. The highest BCUT2D eigenvalue weighted by Crippen LogP contribution is 2.42. The van der Waals surface area contributed by atoms with Crippen molar-refractivity contribution in [3.05, 3.63) is 34.6 Å². The van der Waals surface area contributed by atoms with Crippen LogP contribution in [0.25, 0.3) is 0 Å². The van der Waals surface area contributed by atoms with E-state index in [1.54, 1.807) is 24.1 Å². The molecule has 0 unspecified atom stereocenters. The zero-order valence-electron chi connectivity index (χ0n) is 36.1. The number of ether oxygens (including phenoxy) is 1. The average Bonchev–Trinajstić information content (AvgIpc) is 3.54. The van der Waals surface area contributed by atoms with Gasteiger partial charge in [0.1, 0.15) is 5.82 Å². The quantitative estimate of drug-likeness (QED) is 0.0704. The number of aliphatic hydroxyl groups excluding tert-OH is 1. The highest BCUT2D eigenvalue weighted by Gasteiger charge is 2.43. The van der Waals surface area contributed by atoms with E-state index in [-0.39, 0.29) is 40.5 Å². The van der Waals surface area contributed by atoms with Crippen LogP contribution >= 0.6 is 11.6 Å². The number of likely N-dealkylation sites (tertiary alicyclic amines) is 2. The van der Waals surface area contributed by atoms with Gasteiger partial charge in [-0.05, 0) is 103 Å². The van der Waals surface area contributed by atoms with Gasteiger partial charge in [-0.25, -0.2) is 14.0 Å². The number of carbonyl (C=O) groups is 2. The standard InChI is InChI=1S/C29H47ClFN3O4.C16H31N3O/c1-32-19-25(27(35)21-11-5-3-4-6-12-21)33-28(36)34-17-10-13-22(20-34)29(37,16-7-8-18-38-2)23-14-9-15-24(30)26(23)31;1-17-13-15(12-14-8-4-2-5-9-14)18-16(20)19-10-6-3-7-11-19/h9,14-15,21-22,25,27,32,35,37H,3-8,10-13,16-20H2,1-2H3,(H,33,36);14-15,17H,2-13H2,1H3,(H,18,20)/t22-,25-,27+,29+;15-/m10/s1. The van der Waals surface area contributed by atoms with Crippen molar-refractivity contribution in [1.82, 2.24) is 31.1 Å². The fraction of sp³-hybridized carbons (Fsp3) is 0.822. The molecule has 1 aromatic carbocycles. The highest BCUT2D eigenvalue weighted by atomic mass is 35.5. The van der Waals surface area contributed by atoms with Gasteiger partial charge in [-0.15, -0.1) is 0 Å². The number of hydrogen-bond acceptors (Lipinski definition) is 7. The Morgan fingerprint density at radius 2 is 1.47 bits per heavy atom. The first-order valence-corrected chi connectivity index (χ1v) is 23.2. The summed E-state index contributed by atoms with van der Waals surface area (Å²) in [4.78, 5) is 29.5. The summed E-state index contributed by atoms with van der Waals surface area (Å²) in [6.07, 6.45) is 20.6. The molecule has 58 heavy (non-hydrogen) atoms. The molecule has 6 N–H and O–H groups in total. The third-order valence-electron chi connectivity index (χ3n) is 13.3. The van der Waals surface area contributed by atoms with Gasteiger partial charge in [-0.1, -0.05) is 81.5 Å². The molecule has 5 atom stereocenters. The van der Waals surface area contributed by atoms with Gasteiger partial charge in [0.25, 0.3) is 0 Å². The second-order valence-corrected chi connectivity index (χ2v) is 18.0. The molecule has 2 aliphatic heterocycles. The Bertz CT molecular complexity index is 1330. The molecule has 2 heterocycles. The zero-order chi connectivity index (χ0) is 41.8. The summed E-state index contributed by atoms with van der Waals surface area (Å²) >= 11 is 6.10. The van der Waals surface area contributed by atoms with Crippen molar-refractivity contribution < 1.29 is 28.9 Å². The smallest absolute Gasteiger partial charge is 0.317 e. The number of aliphatic hydroxyl groups is 2. The first-order chi connectivity index (χ1) is 28.1. The van der Waals surface area contributed by atoms with Gasteiger partial charge in [0.15, 0.2) is 0 Å². The molecule has 0 radical (unpaired) electrons. The molecule has 4 aliphatic rings. The van der Waals surface area contributed by atoms with Crippen molar-refractivity contribution >= 4 is 23.7 Å². The number of urea groups is 2. The van der Waals surface area contributed by atoms with E-state index in [0.29, 0.717) is 51.9 Å². The molecule has 2 saturated carbocycles. The predicted molar refractivity (Wildman–Crippen MR) is 232 cm³/mol. The topological polar surface area (TPSA) is 138 Å². The molecular formula is C45H78ClFN6O5. The number of carbonyl (C=O) groups excluding carboxylic acids is 2. The summed E-state index contributed by atoms with van der Waals surface area (Å²) in [7, 11) is 5.43. The lowest BCUT2D eigenvalue weighted by Crippen LogP contribution is -2.57. The number of nitrogens with one attached hydrogen (secondary N) is 4. The van der Waals surface area contributed by atoms with Crippen LogP contribution in [-0.4, -0.2) is 117 Å². The maximum absolute atomic E-state index is 15.2. The molecule has 13 heteroatoms. The van der Waals surface area contributed by atoms with Crippen molar-refractivity contribution in [1.29, 1.82) is 0 Å². The van der Waals surface area contributed by atoms with Crippen LogP contribution in [0.15, 0.2) is 18.2 Å². The minimum atomic E-state index is -1.47. The number of piperidine rings is 2. The maximum atomic E-state index is 15.2. The number of hydrogen-bond donors (Lipinski definition) is 6. The lowest BCUT2D eigenvalue weighted by atomic mass is 9.74. The fourth-order valence-corrected chi connectivity index (χ4v) is 10.1. The first kappa shape index (κ1) is 48.4. The van der Waals surface area contributed by atoms with Crippen LogP contribution in [0.3, 0.4) is 0 Å². The average molecular weight is 838 g/mol. The van der Waals surface area contributed by atoms with E-state index in [0.717, 1.165) is 76.9 Å². The number of nitrogens with zero attached hydrogens (tertiary/aromatic N) is 2. The van der Waals surface area contributed by atoms with Crippen molar-refractivity contribution in [3.8, 4) is 0 Å². The van der Waals surface area contributed by atoms with Gasteiger partial charge in [-0.3, -0.25) is 0 Å². The monoisotopic (exact) mass is 837 g/mol. The minimum Gasteiger partial charge on any atom is -0.391 e. The van der Waals surface area contributed by atoms with Crippen molar-refractivity contribution in [2.45, 2.75) is 152 Å². The molecule has 2 aliphatic carbocycles. The lowest BCUT2D eigenvalue weighted by molar-refractivity contribution is -0.0590. The summed E-state index contributed by atoms with van der Waals surface area (Å²) in [5.74, 6) is 0.0228. The zero-order valence-corrected chi connectivity index (χ0v) is 36.8. The second-order valence-electron chi connectivity index (χ2n) is 17.6. The summed E-state index contributed by atoms with van der Waals surface area (Å²) in [6, 6.07) is 4.52. The van der Waals surface area contributed by atoms with Gasteiger partial charge in [0.05, 0.1) is 22.8 Å². The maximum Gasteiger partial charge on any atom is 0.317 e. The Morgan fingerprint density at radius 3 is 2.14 bits per heavy atom. The molecule has 0 spiro atoms. The van der Waals surface area contributed by atoms with E-state index in [1.807, 2.05) is 19.0 Å². The summed E-state index contributed by atoms with van der Waals surface area (Å²) in [6.45, 7) is 4.62. The molecule has 1 aromatic rings. The minimum absolute atomic E-state index is 0.0226. The number of halogens is 2. The van der Waals surface area contributed by atoms with E-state index in [4.69, 9.17) is 16.3 Å². The van der Waals surface area contributed by atoms with Gasteiger partial charge in [-0.2, -0.15) is 0 Å². The Hall–Kier alpha value is -2.22. The highest BCUT2D eigenvalue weighted by molar-refractivity contribution is 6.30. The lowest BCUT2D eigenvalue weighted by Gasteiger charge is -2.43. The SMILES string of the molecule is CNC[C@@H](NC(=O)N1CCC[C@@H]([C@@](O)(CCCCOC)c2cccc(Cl)c2F)C1)[C@@H](O)C1CCCCCC1.CNC[C@H](CC1CCCCC1)NC(=O)N1CCCCC1. The first-order valence-electron chi connectivity index (χ1n) is 22.8. The van der Waals surface area contributed by atoms with Crippen LogP contribution in [0.5, 0.6) is 0 Å². The van der Waals surface area contributed by atoms with Crippen LogP contribution in [-0.2, 0) is 10.3 Å². The number of rotatable bonds is 17. The van der Waals surface area contributed by atoms with Gasteiger partial charge in [0.2, 0.25) is 0 Å². The van der Waals surface area contributed by atoms with Gasteiger partial charge in [0, 0.05) is 70.5 Å². The Kier molecular flexibility index (Phi) is 21.9. The van der Waals surface area contributed by atoms with E-state index in [9.17, 15) is 19.8 Å². The largest absolute Gasteiger partial charge is 0.391 e. The number of unbranched alkanes of at least 4 members (excludes halogenated alkanes) is 1. The van der Waals surface area contributed by atoms with E-state index >= 15 is 4.39 Å². The van der Waals surface area contributed by atoms with Crippen molar-refractivity contribution in [2.75, 3.05) is 67.1 Å². The molecule has 2 saturated heterocycles. The molecule has 0 bridgehead atoms. The molecule has 0 aromatic heterocycles. The van der Waals surface area contributed by atoms with E-state index in [1.165, 1.54) is 57.4 Å². The second kappa shape index (κ2) is 26.2.